The van der Waals surface area contributed by atoms with Crippen LogP contribution in [0.5, 0.6) is 11.5 Å². The molecule has 6 nitrogen and oxygen atoms in total. The third-order valence-corrected chi connectivity index (χ3v) is 5.95. The number of likely N-dealkylation sites (tertiary alicyclic amines) is 1. The van der Waals surface area contributed by atoms with E-state index in [0.717, 1.165) is 37.2 Å². The van der Waals surface area contributed by atoms with Crippen molar-refractivity contribution in [3.8, 4) is 11.5 Å². The van der Waals surface area contributed by atoms with E-state index in [1.54, 1.807) is 19.2 Å². The van der Waals surface area contributed by atoms with Crippen LogP contribution in [0.3, 0.4) is 0 Å². The fourth-order valence-corrected chi connectivity index (χ4v) is 4.08. The number of benzene rings is 2. The minimum absolute atomic E-state index is 0.202. The van der Waals surface area contributed by atoms with Gasteiger partial charge in [-0.3, -0.25) is 14.5 Å². The number of methoxy groups -OCH3 is 1. The van der Waals surface area contributed by atoms with E-state index in [-0.39, 0.29) is 25.0 Å². The Kier molecular flexibility index (Phi) is 6.26. The maximum absolute atomic E-state index is 13.3. The molecule has 0 unspecified atom stereocenters. The lowest BCUT2D eigenvalue weighted by atomic mass is 9.97. The fraction of sp³-hybridized carbons (Fsp3) is 0.360. The summed E-state index contributed by atoms with van der Waals surface area (Å²) in [5.41, 5.74) is 1.82. The SMILES string of the molecule is COc1ccc(OCCN2C(=O)C(c3ccccc3)=C(N3CCC(C)CC3)C2=O)cc1. The van der Waals surface area contributed by atoms with Crippen molar-refractivity contribution in [3.05, 3.63) is 65.9 Å². The molecule has 0 radical (unpaired) electrons. The normalized spacial score (nSPS) is 17.5. The van der Waals surface area contributed by atoms with Gasteiger partial charge in [0.2, 0.25) is 0 Å². The lowest BCUT2D eigenvalue weighted by molar-refractivity contribution is -0.138. The predicted molar refractivity (Wildman–Crippen MR) is 119 cm³/mol. The molecule has 1 saturated heterocycles. The Labute approximate surface area is 183 Å². The van der Waals surface area contributed by atoms with Crippen LogP contribution in [0.2, 0.25) is 0 Å². The second-order valence-corrected chi connectivity index (χ2v) is 8.05. The summed E-state index contributed by atoms with van der Waals surface area (Å²) in [6.07, 6.45) is 2.04. The quantitative estimate of drug-likeness (QED) is 0.641. The molecule has 0 atom stereocenters. The summed E-state index contributed by atoms with van der Waals surface area (Å²) in [5.74, 6) is 1.58. The van der Waals surface area contributed by atoms with Crippen molar-refractivity contribution in [1.29, 1.82) is 0 Å². The molecule has 2 heterocycles. The van der Waals surface area contributed by atoms with E-state index >= 15 is 0 Å². The maximum atomic E-state index is 13.3. The molecule has 1 fully saturated rings. The number of hydrogen-bond acceptors (Lipinski definition) is 5. The number of hydrogen-bond donors (Lipinski definition) is 0. The first-order chi connectivity index (χ1) is 15.1. The summed E-state index contributed by atoms with van der Waals surface area (Å²) in [4.78, 5) is 30.1. The molecule has 31 heavy (non-hydrogen) atoms. The predicted octanol–water partition coefficient (Wildman–Crippen LogP) is 3.59. The van der Waals surface area contributed by atoms with Crippen LogP contribution in [0.4, 0.5) is 0 Å². The summed E-state index contributed by atoms with van der Waals surface area (Å²) >= 11 is 0. The zero-order valence-corrected chi connectivity index (χ0v) is 18.0. The molecule has 0 bridgehead atoms. The van der Waals surface area contributed by atoms with Gasteiger partial charge < -0.3 is 14.4 Å². The highest BCUT2D eigenvalue weighted by atomic mass is 16.5. The van der Waals surface area contributed by atoms with Gasteiger partial charge in [0.25, 0.3) is 11.8 Å². The van der Waals surface area contributed by atoms with Crippen LogP contribution in [0, 0.1) is 5.92 Å². The highest BCUT2D eigenvalue weighted by Gasteiger charge is 2.41. The molecule has 2 aliphatic heterocycles. The van der Waals surface area contributed by atoms with Crippen LogP contribution in [-0.2, 0) is 9.59 Å². The number of nitrogens with zero attached hydrogens (tertiary/aromatic N) is 2. The number of piperidine rings is 1. The van der Waals surface area contributed by atoms with Gasteiger partial charge >= 0.3 is 0 Å². The summed E-state index contributed by atoms with van der Waals surface area (Å²) in [5, 5.41) is 0. The van der Waals surface area contributed by atoms with Crippen LogP contribution in [0.15, 0.2) is 60.3 Å². The Balaban J connectivity index is 1.51. The fourth-order valence-electron chi connectivity index (χ4n) is 4.08. The molecule has 2 amide bonds. The summed E-state index contributed by atoms with van der Waals surface area (Å²) in [6, 6.07) is 16.7. The average molecular weight is 421 g/mol. The van der Waals surface area contributed by atoms with Crippen molar-refractivity contribution in [2.24, 2.45) is 5.92 Å². The summed E-state index contributed by atoms with van der Waals surface area (Å²) in [7, 11) is 1.61. The molecule has 2 aromatic rings. The molecule has 0 saturated carbocycles. The molecule has 0 spiro atoms. The van der Waals surface area contributed by atoms with Crippen LogP contribution >= 0.6 is 0 Å². The van der Waals surface area contributed by atoms with Gasteiger partial charge in [0.15, 0.2) is 0 Å². The lowest BCUT2D eigenvalue weighted by Crippen LogP contribution is -2.39. The Morgan fingerprint density at radius 1 is 0.903 bits per heavy atom. The monoisotopic (exact) mass is 420 g/mol. The molecule has 4 rings (SSSR count). The van der Waals surface area contributed by atoms with Gasteiger partial charge in [0.05, 0.1) is 19.2 Å². The van der Waals surface area contributed by atoms with E-state index in [9.17, 15) is 9.59 Å². The van der Waals surface area contributed by atoms with E-state index < -0.39 is 0 Å². The standard InChI is InChI=1S/C25H28N2O4/c1-18-12-14-26(15-13-18)23-22(19-6-4-3-5-7-19)24(28)27(25(23)29)16-17-31-21-10-8-20(30-2)9-11-21/h3-11,18H,12-17H2,1-2H3. The number of carbonyl (C=O) groups is 2. The molecule has 2 aliphatic rings. The largest absolute Gasteiger partial charge is 0.497 e. The van der Waals surface area contributed by atoms with E-state index in [2.05, 4.69) is 11.8 Å². The van der Waals surface area contributed by atoms with E-state index in [1.807, 2.05) is 42.5 Å². The Bertz CT molecular complexity index is 961. The van der Waals surface area contributed by atoms with Gasteiger partial charge in [0, 0.05) is 13.1 Å². The van der Waals surface area contributed by atoms with Gasteiger partial charge in [-0.2, -0.15) is 0 Å². The number of imide groups is 1. The third-order valence-electron chi connectivity index (χ3n) is 5.95. The smallest absolute Gasteiger partial charge is 0.277 e. The summed E-state index contributed by atoms with van der Waals surface area (Å²) in [6.45, 7) is 4.25. The van der Waals surface area contributed by atoms with E-state index in [1.165, 1.54) is 4.90 Å². The number of ether oxygens (including phenoxy) is 2. The summed E-state index contributed by atoms with van der Waals surface area (Å²) < 4.78 is 10.9. The average Bonchev–Trinajstić information content (AvgIpc) is 3.05. The Hall–Kier alpha value is -3.28. The van der Waals surface area contributed by atoms with Gasteiger partial charge in [-0.05, 0) is 48.6 Å². The van der Waals surface area contributed by atoms with Gasteiger partial charge in [-0.15, -0.1) is 0 Å². The second kappa shape index (κ2) is 9.25. The number of rotatable bonds is 7. The molecular formula is C25H28N2O4. The number of carbonyl (C=O) groups excluding carboxylic acids is 2. The molecule has 0 aromatic heterocycles. The third kappa shape index (κ3) is 4.43. The zero-order valence-electron chi connectivity index (χ0n) is 18.0. The van der Waals surface area contributed by atoms with Crippen molar-refractivity contribution < 1.29 is 19.1 Å². The highest BCUT2D eigenvalue weighted by Crippen LogP contribution is 2.33. The second-order valence-electron chi connectivity index (χ2n) is 8.05. The first-order valence-electron chi connectivity index (χ1n) is 10.8. The van der Waals surface area contributed by atoms with E-state index in [0.29, 0.717) is 22.9 Å². The van der Waals surface area contributed by atoms with Crippen LogP contribution < -0.4 is 9.47 Å². The molecule has 6 heteroatoms. The molecular weight excluding hydrogens is 392 g/mol. The Morgan fingerprint density at radius 3 is 2.19 bits per heavy atom. The van der Waals surface area contributed by atoms with Crippen LogP contribution in [-0.4, -0.2) is 55.0 Å². The zero-order chi connectivity index (χ0) is 21.8. The molecule has 0 aliphatic carbocycles. The van der Waals surface area contributed by atoms with E-state index in [4.69, 9.17) is 9.47 Å². The first-order valence-corrected chi connectivity index (χ1v) is 10.8. The van der Waals surface area contributed by atoms with Gasteiger partial charge in [-0.1, -0.05) is 37.3 Å². The van der Waals surface area contributed by atoms with Crippen molar-refractivity contribution in [2.45, 2.75) is 19.8 Å². The van der Waals surface area contributed by atoms with Gasteiger partial charge in [-0.25, -0.2) is 0 Å². The van der Waals surface area contributed by atoms with Crippen molar-refractivity contribution in [2.75, 3.05) is 33.4 Å². The maximum Gasteiger partial charge on any atom is 0.277 e. The van der Waals surface area contributed by atoms with Crippen LogP contribution in [0.25, 0.3) is 5.57 Å². The lowest BCUT2D eigenvalue weighted by Gasteiger charge is -2.32. The van der Waals surface area contributed by atoms with Crippen molar-refractivity contribution in [3.63, 3.8) is 0 Å². The first kappa shape index (κ1) is 21.0. The van der Waals surface area contributed by atoms with Crippen LogP contribution in [0.1, 0.15) is 25.3 Å². The minimum atomic E-state index is -0.247. The Morgan fingerprint density at radius 2 is 1.55 bits per heavy atom. The topological polar surface area (TPSA) is 59.1 Å². The molecule has 0 N–H and O–H groups in total. The van der Waals surface area contributed by atoms with Crippen molar-refractivity contribution in [1.82, 2.24) is 9.80 Å². The molecule has 2 aromatic carbocycles. The van der Waals surface area contributed by atoms with Gasteiger partial charge in [0.1, 0.15) is 23.8 Å². The minimum Gasteiger partial charge on any atom is -0.497 e. The van der Waals surface area contributed by atoms with Crippen molar-refractivity contribution >= 4 is 17.4 Å². The molecule has 162 valence electrons. The highest BCUT2D eigenvalue weighted by molar-refractivity contribution is 6.35. The number of amides is 2.